The van der Waals surface area contributed by atoms with Crippen LogP contribution in [0, 0.1) is 27.7 Å². The summed E-state index contributed by atoms with van der Waals surface area (Å²) >= 11 is 0. The van der Waals surface area contributed by atoms with Gasteiger partial charge in [0.2, 0.25) is 0 Å². The Morgan fingerprint density at radius 2 is 0.767 bits per heavy atom. The van der Waals surface area contributed by atoms with Crippen LogP contribution in [0.3, 0.4) is 0 Å². The molecule has 4 aromatic carbocycles. The summed E-state index contributed by atoms with van der Waals surface area (Å²) in [4.78, 5) is 0. The van der Waals surface area contributed by atoms with Crippen LogP contribution in [-0.2, 0) is 6.42 Å². The zero-order valence-electron chi connectivity index (χ0n) is 39.5. The first-order valence-corrected chi connectivity index (χ1v) is 21.6. The summed E-state index contributed by atoms with van der Waals surface area (Å²) in [6.45, 7) is 39.2. The van der Waals surface area contributed by atoms with E-state index in [0.29, 0.717) is 26.4 Å². The fourth-order valence-electron chi connectivity index (χ4n) is 5.93. The van der Waals surface area contributed by atoms with Crippen LogP contribution in [0.15, 0.2) is 72.8 Å². The summed E-state index contributed by atoms with van der Waals surface area (Å²) in [5.41, 5.74) is 5.61. The maximum absolute atomic E-state index is 5.95. The normalized spacial score (nSPS) is 15.2. The molecule has 0 radical (unpaired) electrons. The van der Waals surface area contributed by atoms with Crippen molar-refractivity contribution >= 4 is 0 Å². The molecule has 0 unspecified atom stereocenters. The van der Waals surface area contributed by atoms with Gasteiger partial charge in [0.15, 0.2) is 34.5 Å². The van der Waals surface area contributed by atoms with Crippen LogP contribution < -0.4 is 33.2 Å². The predicted molar refractivity (Wildman–Crippen MR) is 258 cm³/mol. The van der Waals surface area contributed by atoms with Gasteiger partial charge in [0, 0.05) is 0 Å². The third kappa shape index (κ3) is 17.6. The highest BCUT2D eigenvalue weighted by Gasteiger charge is 2.30. The SMILES string of the molecule is C.C.CC.CC.CC.CC.Cc1cccc2c1OC(C)(C)CC2.Cc1cccc2c1OC(C)(C)CO2.Cc1cccc2c1OCC(C)(C)O2.Cc1cccc2c1OCCO2. The molecule has 8 rings (SSSR count). The predicted octanol–water partition coefficient (Wildman–Crippen LogP) is 15.3. The van der Waals surface area contributed by atoms with E-state index >= 15 is 0 Å². The van der Waals surface area contributed by atoms with E-state index < -0.39 is 0 Å². The maximum Gasteiger partial charge on any atom is 0.165 e. The van der Waals surface area contributed by atoms with Crippen molar-refractivity contribution in [2.24, 2.45) is 0 Å². The van der Waals surface area contributed by atoms with Crippen molar-refractivity contribution in [1.82, 2.24) is 0 Å². The second kappa shape index (κ2) is 28.1. The quantitative estimate of drug-likeness (QED) is 0.175. The molecule has 0 amide bonds. The zero-order valence-corrected chi connectivity index (χ0v) is 39.5. The van der Waals surface area contributed by atoms with Gasteiger partial charge in [-0.3, -0.25) is 0 Å². The highest BCUT2D eigenvalue weighted by Crippen LogP contribution is 2.39. The Morgan fingerprint density at radius 1 is 0.383 bits per heavy atom. The molecule has 0 spiro atoms. The van der Waals surface area contributed by atoms with E-state index in [9.17, 15) is 0 Å². The van der Waals surface area contributed by atoms with Crippen molar-refractivity contribution in [2.75, 3.05) is 26.4 Å². The lowest BCUT2D eigenvalue weighted by Crippen LogP contribution is -2.38. The molecule has 0 aromatic heterocycles. The molecule has 0 saturated heterocycles. The van der Waals surface area contributed by atoms with Gasteiger partial charge in [0.1, 0.15) is 49.0 Å². The fraction of sp³-hybridized carbons (Fsp3) is 0.547. The van der Waals surface area contributed by atoms with Gasteiger partial charge < -0.3 is 33.2 Å². The van der Waals surface area contributed by atoms with Crippen molar-refractivity contribution in [3.63, 3.8) is 0 Å². The number of hydrogen-bond acceptors (Lipinski definition) is 7. The summed E-state index contributed by atoms with van der Waals surface area (Å²) in [5, 5.41) is 0. The van der Waals surface area contributed by atoms with Gasteiger partial charge in [-0.1, -0.05) is 125 Å². The Kier molecular flexibility index (Phi) is 27.0. The number of benzene rings is 4. The van der Waals surface area contributed by atoms with Crippen LogP contribution in [-0.4, -0.2) is 43.2 Å². The highest BCUT2D eigenvalue weighted by atomic mass is 16.6. The standard InChI is InChI=1S/C12H16O.2C11H14O2.C9H10O2.4C2H6.2CH4/c1-9-5-4-6-10-7-8-12(2,3)13-11(9)10;1-8-5-4-6-9-10(8)12-7-11(2,3)13-9;1-8-5-4-6-9-10(8)13-11(2,3)7-12-9;1-7-3-2-4-8-9(7)11-6-5-10-8;4*1-2;;/h4-6H,7-8H2,1-3H3;2*4-6H,7H2,1-3H3;2-4H,5-6H2,1H3;4*1-2H3;2*1H4. The number of hydrogen-bond donors (Lipinski definition) is 0. The van der Waals surface area contributed by atoms with E-state index in [0.717, 1.165) is 69.8 Å². The van der Waals surface area contributed by atoms with Crippen molar-refractivity contribution in [1.29, 1.82) is 0 Å². The Bertz CT molecular complexity index is 1710. The van der Waals surface area contributed by atoms with Crippen molar-refractivity contribution in [3.05, 3.63) is 101 Å². The number of fused-ring (bicyclic) bond motifs is 4. The van der Waals surface area contributed by atoms with Crippen molar-refractivity contribution < 1.29 is 33.2 Å². The van der Waals surface area contributed by atoms with E-state index in [2.05, 4.69) is 39.0 Å². The van der Waals surface area contributed by atoms with Crippen LogP contribution >= 0.6 is 0 Å². The second-order valence-electron chi connectivity index (χ2n) is 15.1. The molecule has 60 heavy (non-hydrogen) atoms. The van der Waals surface area contributed by atoms with E-state index in [1.165, 1.54) is 11.1 Å². The van der Waals surface area contributed by atoms with Crippen LogP contribution in [0.4, 0.5) is 0 Å². The van der Waals surface area contributed by atoms with Gasteiger partial charge in [-0.25, -0.2) is 0 Å². The van der Waals surface area contributed by atoms with Gasteiger partial charge in [-0.2, -0.15) is 0 Å². The average molecular weight is 835 g/mol. The Hall–Kier alpha value is -4.52. The Labute approximate surface area is 368 Å². The molecular weight excluding hydrogens is 749 g/mol. The van der Waals surface area contributed by atoms with Gasteiger partial charge in [0.05, 0.1) is 0 Å². The molecule has 7 heteroatoms. The minimum Gasteiger partial charge on any atom is -0.487 e. The summed E-state index contributed by atoms with van der Waals surface area (Å²) in [7, 11) is 0. The number of aryl methyl sites for hydroxylation is 5. The first-order valence-electron chi connectivity index (χ1n) is 21.6. The van der Waals surface area contributed by atoms with Crippen LogP contribution in [0.1, 0.15) is 146 Å². The van der Waals surface area contributed by atoms with Gasteiger partial charge in [-0.05, 0) is 128 Å². The summed E-state index contributed by atoms with van der Waals surface area (Å²) in [6.07, 6.45) is 2.26. The summed E-state index contributed by atoms with van der Waals surface area (Å²) < 4.78 is 39.6. The Balaban J connectivity index is 0. The van der Waals surface area contributed by atoms with Crippen LogP contribution in [0.5, 0.6) is 40.2 Å². The monoisotopic (exact) mass is 835 g/mol. The largest absolute Gasteiger partial charge is 0.487 e. The van der Waals surface area contributed by atoms with Crippen molar-refractivity contribution in [2.45, 2.75) is 169 Å². The van der Waals surface area contributed by atoms with E-state index in [-0.39, 0.29) is 31.7 Å². The fourth-order valence-corrected chi connectivity index (χ4v) is 5.93. The molecule has 0 N–H and O–H groups in total. The van der Waals surface area contributed by atoms with Crippen LogP contribution in [0.25, 0.3) is 0 Å². The van der Waals surface area contributed by atoms with Gasteiger partial charge in [-0.15, -0.1) is 0 Å². The first-order chi connectivity index (χ1) is 27.6. The molecule has 340 valence electrons. The third-order valence-electron chi connectivity index (χ3n) is 8.69. The molecule has 4 heterocycles. The molecule has 0 atom stereocenters. The molecule has 4 aliphatic heterocycles. The zero-order chi connectivity index (χ0) is 44.1. The van der Waals surface area contributed by atoms with E-state index in [1.54, 1.807) is 0 Å². The minimum atomic E-state index is -0.209. The first kappa shape index (κ1) is 57.6. The van der Waals surface area contributed by atoms with E-state index in [4.69, 9.17) is 33.2 Å². The number of ether oxygens (including phenoxy) is 7. The number of para-hydroxylation sites is 4. The topological polar surface area (TPSA) is 64.6 Å². The van der Waals surface area contributed by atoms with Gasteiger partial charge in [0.25, 0.3) is 0 Å². The van der Waals surface area contributed by atoms with Crippen molar-refractivity contribution in [3.8, 4) is 40.2 Å². The second-order valence-corrected chi connectivity index (χ2v) is 15.1. The molecule has 4 aliphatic rings. The van der Waals surface area contributed by atoms with Gasteiger partial charge >= 0.3 is 0 Å². The lowest BCUT2D eigenvalue weighted by molar-refractivity contribution is 0.0205. The molecular formula is C53H86O7. The average Bonchev–Trinajstić information content (AvgIpc) is 3.22. The lowest BCUT2D eigenvalue weighted by Gasteiger charge is -2.33. The molecule has 0 fully saturated rings. The highest BCUT2D eigenvalue weighted by molar-refractivity contribution is 5.49. The molecule has 0 aliphatic carbocycles. The third-order valence-corrected chi connectivity index (χ3v) is 8.69. The summed E-state index contributed by atoms with van der Waals surface area (Å²) in [6, 6.07) is 24.2. The molecule has 4 aromatic rings. The molecule has 0 bridgehead atoms. The lowest BCUT2D eigenvalue weighted by atomic mass is 9.93. The minimum absolute atomic E-state index is 0. The Morgan fingerprint density at radius 3 is 1.30 bits per heavy atom. The smallest absolute Gasteiger partial charge is 0.165 e. The summed E-state index contributed by atoms with van der Waals surface area (Å²) in [5.74, 6) is 6.38. The van der Waals surface area contributed by atoms with Crippen LogP contribution in [0.2, 0.25) is 0 Å². The molecule has 0 saturated carbocycles. The van der Waals surface area contributed by atoms with E-state index in [1.807, 2.05) is 158 Å². The molecule has 7 nitrogen and oxygen atoms in total. The number of rotatable bonds is 0. The maximum atomic E-state index is 5.95.